The van der Waals surface area contributed by atoms with Crippen molar-refractivity contribution >= 4 is 45.9 Å². The van der Waals surface area contributed by atoms with E-state index in [1.54, 1.807) is 11.1 Å². The largest absolute Gasteiger partial charge is 0.456 e. The summed E-state index contributed by atoms with van der Waals surface area (Å²) in [5.74, 6) is 1.08. The maximum Gasteiger partial charge on any atom is 0.407 e. The molecule has 1 saturated carbocycles. The lowest BCUT2D eigenvalue weighted by molar-refractivity contribution is -0.139. The lowest BCUT2D eigenvalue weighted by Crippen LogP contribution is -2.54. The van der Waals surface area contributed by atoms with Crippen LogP contribution in [0.15, 0.2) is 53.2 Å². The number of rotatable bonds is 13. The monoisotopic (exact) mass is 780 g/mol. The highest BCUT2D eigenvalue weighted by atomic mass is 16.5. The number of carbonyl (C=O) groups is 4. The van der Waals surface area contributed by atoms with Crippen LogP contribution in [0, 0.1) is 17.8 Å². The van der Waals surface area contributed by atoms with Gasteiger partial charge in [-0.2, -0.15) is 0 Å². The van der Waals surface area contributed by atoms with Crippen LogP contribution in [0.5, 0.6) is 0 Å². The van der Waals surface area contributed by atoms with Crippen LogP contribution in [0.2, 0.25) is 0 Å². The Kier molecular flexibility index (Phi) is 11.3. The molecule has 2 aliphatic rings. The number of nitrogens with one attached hydrogen (secondary N) is 4. The van der Waals surface area contributed by atoms with Crippen LogP contribution in [0.4, 0.5) is 9.59 Å². The minimum absolute atomic E-state index is 0.103. The highest BCUT2D eigenvalue weighted by molar-refractivity contribution is 6.06. The van der Waals surface area contributed by atoms with Gasteiger partial charge in [-0.05, 0) is 67.7 Å². The number of alkyl carbamates (subject to hydrolysis) is 2. The average Bonchev–Trinajstić information content (AvgIpc) is 4.06. The number of amides is 4. The fourth-order valence-corrected chi connectivity index (χ4v) is 8.47. The molecule has 57 heavy (non-hydrogen) atoms. The minimum atomic E-state index is -0.728. The van der Waals surface area contributed by atoms with Crippen molar-refractivity contribution in [3.8, 4) is 22.5 Å². The van der Waals surface area contributed by atoms with Gasteiger partial charge in [-0.15, -0.1) is 0 Å². The van der Waals surface area contributed by atoms with Crippen LogP contribution in [-0.4, -0.2) is 92.6 Å². The molecule has 3 aromatic heterocycles. The first-order chi connectivity index (χ1) is 27.4. The average molecular weight is 781 g/mol. The van der Waals surface area contributed by atoms with Gasteiger partial charge in [0.25, 0.3) is 0 Å². The predicted molar refractivity (Wildman–Crippen MR) is 214 cm³/mol. The summed E-state index contributed by atoms with van der Waals surface area (Å²) >= 11 is 0. The highest BCUT2D eigenvalue weighted by Gasteiger charge is 2.51. The number of carbonyl (C=O) groups excluding carboxylic acids is 4. The van der Waals surface area contributed by atoms with Gasteiger partial charge in [0.05, 0.1) is 50.6 Å². The van der Waals surface area contributed by atoms with Crippen molar-refractivity contribution in [2.75, 3.05) is 20.8 Å². The van der Waals surface area contributed by atoms with Crippen LogP contribution in [0.3, 0.4) is 0 Å². The number of piperidine rings is 1. The lowest BCUT2D eigenvalue weighted by Gasteiger charge is -2.37. The zero-order valence-corrected chi connectivity index (χ0v) is 33.5. The van der Waals surface area contributed by atoms with Crippen molar-refractivity contribution in [1.29, 1.82) is 0 Å². The van der Waals surface area contributed by atoms with Gasteiger partial charge in [0.1, 0.15) is 34.9 Å². The number of hydrogen-bond donors (Lipinski definition) is 4. The first-order valence-corrected chi connectivity index (χ1v) is 19.8. The van der Waals surface area contributed by atoms with Gasteiger partial charge in [0.2, 0.25) is 11.8 Å². The molecule has 4 amide bonds. The van der Waals surface area contributed by atoms with E-state index >= 15 is 0 Å². The standard InChI is InChI=1S/C42H52N8O7/c1-8-15-49(39(51)35(22(2)3)47-41(53)55-6)21-34-43-19-30(45-34)24-10-13-28-29-14-11-25(18-33(29)57-32(28)17-24)31-20-44-38(46-31)37-26-9-12-27(16-26)50(37)40(52)36(23(4)5)48-42(54)56-7/h10-11,13-14,17-20,22-23,26-27,35-37H,8-9,12,15-16,21H2,1-7H3,(H,43,45)(H,44,46)(H,47,53)(H,48,54)/t26-,27+,35-,36-,37-/m0/s1. The molecule has 7 rings (SSSR count). The Bertz CT molecular complexity index is 2270. The topological polar surface area (TPSA) is 188 Å². The van der Waals surface area contributed by atoms with E-state index in [1.165, 1.54) is 14.2 Å². The van der Waals surface area contributed by atoms with Gasteiger partial charge >= 0.3 is 12.2 Å². The van der Waals surface area contributed by atoms with Crippen molar-refractivity contribution in [2.24, 2.45) is 17.8 Å². The number of hydrogen-bond acceptors (Lipinski definition) is 9. The molecule has 1 saturated heterocycles. The van der Waals surface area contributed by atoms with Crippen molar-refractivity contribution in [3.63, 3.8) is 0 Å². The molecule has 302 valence electrons. The molecular formula is C42H52N8O7. The molecule has 2 aromatic carbocycles. The molecule has 2 bridgehead atoms. The number of methoxy groups -OCH3 is 2. The molecule has 1 aliphatic carbocycles. The summed E-state index contributed by atoms with van der Waals surface area (Å²) in [5.41, 5.74) is 4.82. The predicted octanol–water partition coefficient (Wildman–Crippen LogP) is 6.92. The number of likely N-dealkylation sites (tertiary alicyclic amines) is 1. The summed E-state index contributed by atoms with van der Waals surface area (Å²) in [4.78, 5) is 71.5. The van der Waals surface area contributed by atoms with Crippen LogP contribution in [0.1, 0.15) is 78.0 Å². The van der Waals surface area contributed by atoms with Crippen molar-refractivity contribution in [3.05, 3.63) is 60.4 Å². The number of fused-ring (bicyclic) bond motifs is 5. The number of aromatic amines is 2. The third-order valence-electron chi connectivity index (χ3n) is 11.4. The summed E-state index contributed by atoms with van der Waals surface area (Å²) < 4.78 is 16.0. The maximum absolute atomic E-state index is 14.0. The molecule has 5 atom stereocenters. The Morgan fingerprint density at radius 3 is 2.05 bits per heavy atom. The van der Waals surface area contributed by atoms with Crippen molar-refractivity contribution in [1.82, 2.24) is 40.4 Å². The zero-order valence-electron chi connectivity index (χ0n) is 33.5. The molecule has 5 aromatic rings. The molecule has 4 N–H and O–H groups in total. The molecule has 2 fully saturated rings. The quantitative estimate of drug-likeness (QED) is 0.0984. The van der Waals surface area contributed by atoms with Gasteiger partial charge in [0, 0.05) is 34.5 Å². The molecule has 4 heterocycles. The Hall–Kier alpha value is -5.86. The molecule has 0 unspecified atom stereocenters. The Balaban J connectivity index is 1.10. The molecule has 0 spiro atoms. The van der Waals surface area contributed by atoms with E-state index in [4.69, 9.17) is 18.9 Å². The third kappa shape index (κ3) is 7.79. The second-order valence-electron chi connectivity index (χ2n) is 15.8. The van der Waals surface area contributed by atoms with Gasteiger partial charge in [-0.25, -0.2) is 19.6 Å². The number of nitrogens with zero attached hydrogens (tertiary/aromatic N) is 4. The number of aromatic nitrogens is 4. The Morgan fingerprint density at radius 2 is 1.46 bits per heavy atom. The number of H-pyrrole nitrogens is 2. The van der Waals surface area contributed by atoms with E-state index in [2.05, 4.69) is 25.6 Å². The van der Waals surface area contributed by atoms with Gasteiger partial charge < -0.3 is 44.3 Å². The highest BCUT2D eigenvalue weighted by Crippen LogP contribution is 2.50. The molecule has 0 radical (unpaired) electrons. The summed E-state index contributed by atoms with van der Waals surface area (Å²) in [7, 11) is 2.58. The fourth-order valence-electron chi connectivity index (χ4n) is 8.47. The summed E-state index contributed by atoms with van der Waals surface area (Å²) in [5, 5.41) is 7.37. The number of ether oxygens (including phenoxy) is 2. The van der Waals surface area contributed by atoms with E-state index in [9.17, 15) is 19.2 Å². The fraction of sp³-hybridized carbons (Fsp3) is 0.476. The van der Waals surface area contributed by atoms with Gasteiger partial charge in [0.15, 0.2) is 0 Å². The summed E-state index contributed by atoms with van der Waals surface area (Å²) in [6.45, 7) is 10.4. The molecular weight excluding hydrogens is 729 g/mol. The SMILES string of the molecule is CCCN(Cc1ncc(-c2ccc3c(c2)oc2cc(-c4cnc([C@@H]5[C@H]6CC[C@H](C6)N5C(=O)[C@@H](NC(=O)OC)C(C)C)[nH]4)ccc23)[nH]1)C(=O)[C@@H](NC(=O)OC)C(C)C. The minimum Gasteiger partial charge on any atom is -0.456 e. The first-order valence-electron chi connectivity index (χ1n) is 19.8. The van der Waals surface area contributed by atoms with E-state index in [1.807, 2.05) is 82.1 Å². The third-order valence-corrected chi connectivity index (χ3v) is 11.4. The normalized spacial score (nSPS) is 18.7. The molecule has 15 nitrogen and oxygen atoms in total. The van der Waals surface area contributed by atoms with Gasteiger partial charge in [-0.1, -0.05) is 46.8 Å². The second kappa shape index (κ2) is 16.3. The maximum atomic E-state index is 14.0. The second-order valence-corrected chi connectivity index (χ2v) is 15.8. The molecule has 15 heteroatoms. The van der Waals surface area contributed by atoms with Crippen LogP contribution in [0.25, 0.3) is 44.5 Å². The Morgan fingerprint density at radius 1 is 0.860 bits per heavy atom. The zero-order chi connectivity index (χ0) is 40.5. The van der Waals surface area contributed by atoms with Crippen molar-refractivity contribution < 1.29 is 33.1 Å². The lowest BCUT2D eigenvalue weighted by atomic mass is 9.95. The van der Waals surface area contributed by atoms with Crippen molar-refractivity contribution in [2.45, 2.75) is 91.0 Å². The van der Waals surface area contributed by atoms with Crippen LogP contribution >= 0.6 is 0 Å². The first kappa shape index (κ1) is 39.4. The van der Waals surface area contributed by atoms with E-state index in [-0.39, 0.29) is 48.2 Å². The Labute approximate surface area is 331 Å². The summed E-state index contributed by atoms with van der Waals surface area (Å²) in [6.07, 6.45) is 5.89. The van der Waals surface area contributed by atoms with E-state index in [0.29, 0.717) is 18.0 Å². The van der Waals surface area contributed by atoms with E-state index in [0.717, 1.165) is 70.4 Å². The number of benzene rings is 2. The van der Waals surface area contributed by atoms with Crippen LogP contribution < -0.4 is 10.6 Å². The number of furan rings is 1. The van der Waals surface area contributed by atoms with Crippen LogP contribution in [-0.2, 0) is 25.6 Å². The summed E-state index contributed by atoms with van der Waals surface area (Å²) in [6, 6.07) is 10.6. The number of imidazole rings is 2. The smallest absolute Gasteiger partial charge is 0.407 e. The van der Waals surface area contributed by atoms with Gasteiger partial charge in [-0.3, -0.25) is 9.59 Å². The van der Waals surface area contributed by atoms with E-state index < -0.39 is 24.3 Å². The molecule has 1 aliphatic heterocycles.